The second kappa shape index (κ2) is 7.45. The van der Waals surface area contributed by atoms with Gasteiger partial charge in [0.25, 0.3) is 0 Å². The second-order valence-corrected chi connectivity index (χ2v) is 8.39. The van der Waals surface area contributed by atoms with Crippen molar-refractivity contribution in [2.45, 2.75) is 46.5 Å². The largest absolute Gasteiger partial charge is 0.369 e. The van der Waals surface area contributed by atoms with Gasteiger partial charge in [0.15, 0.2) is 0 Å². The molecule has 0 radical (unpaired) electrons. The summed E-state index contributed by atoms with van der Waals surface area (Å²) in [6, 6.07) is 15.3. The smallest absolute Gasteiger partial charge is 0.137 e. The lowest BCUT2D eigenvalue weighted by Gasteiger charge is -2.19. The standard InChI is InChI=1S/C23H29N3/c1-16(2)12-13-24-22-20-14-18(8-11-21(20)25-15-26-22)17-6-9-19(10-7-17)23(3,4)5/h6-11,14-16H,12-13H2,1-5H3,(H,24,25,26). The van der Waals surface area contributed by atoms with E-state index in [1.54, 1.807) is 6.33 Å². The van der Waals surface area contributed by atoms with E-state index in [1.165, 1.54) is 16.7 Å². The van der Waals surface area contributed by atoms with E-state index in [9.17, 15) is 0 Å². The van der Waals surface area contributed by atoms with Crippen LogP contribution in [-0.2, 0) is 5.41 Å². The number of aromatic nitrogens is 2. The van der Waals surface area contributed by atoms with Gasteiger partial charge in [0, 0.05) is 11.9 Å². The Hall–Kier alpha value is -2.42. The van der Waals surface area contributed by atoms with Crippen molar-refractivity contribution in [3.63, 3.8) is 0 Å². The highest BCUT2D eigenvalue weighted by Gasteiger charge is 2.13. The van der Waals surface area contributed by atoms with Gasteiger partial charge in [0.05, 0.1) is 5.52 Å². The molecule has 0 aliphatic heterocycles. The number of fused-ring (bicyclic) bond motifs is 1. The number of benzene rings is 2. The lowest BCUT2D eigenvalue weighted by molar-refractivity contribution is 0.590. The normalized spacial score (nSPS) is 11.9. The maximum absolute atomic E-state index is 4.46. The van der Waals surface area contributed by atoms with Crippen LogP contribution in [0.4, 0.5) is 5.82 Å². The number of hydrogen-bond acceptors (Lipinski definition) is 3. The zero-order chi connectivity index (χ0) is 18.7. The summed E-state index contributed by atoms with van der Waals surface area (Å²) in [5.41, 5.74) is 4.91. The molecule has 3 nitrogen and oxygen atoms in total. The maximum Gasteiger partial charge on any atom is 0.137 e. The van der Waals surface area contributed by atoms with Gasteiger partial charge in [0.2, 0.25) is 0 Å². The van der Waals surface area contributed by atoms with Crippen LogP contribution < -0.4 is 5.32 Å². The third-order valence-corrected chi connectivity index (χ3v) is 4.73. The van der Waals surface area contributed by atoms with Gasteiger partial charge in [-0.3, -0.25) is 0 Å². The summed E-state index contributed by atoms with van der Waals surface area (Å²) in [6.45, 7) is 12.1. The molecule has 2 aromatic carbocycles. The first-order valence-electron chi connectivity index (χ1n) is 9.44. The van der Waals surface area contributed by atoms with Gasteiger partial charge < -0.3 is 5.32 Å². The molecule has 0 amide bonds. The molecular formula is C23H29N3. The van der Waals surface area contributed by atoms with Crippen LogP contribution in [-0.4, -0.2) is 16.5 Å². The SMILES string of the molecule is CC(C)CCNc1ncnc2ccc(-c3ccc(C(C)(C)C)cc3)cc12. The highest BCUT2D eigenvalue weighted by Crippen LogP contribution is 2.29. The average molecular weight is 348 g/mol. The average Bonchev–Trinajstić information content (AvgIpc) is 2.60. The molecule has 1 heterocycles. The highest BCUT2D eigenvalue weighted by atomic mass is 15.0. The van der Waals surface area contributed by atoms with Crippen molar-refractivity contribution in [1.29, 1.82) is 0 Å². The molecule has 0 fully saturated rings. The molecule has 1 aromatic heterocycles. The van der Waals surface area contributed by atoms with Gasteiger partial charge >= 0.3 is 0 Å². The van der Waals surface area contributed by atoms with Crippen molar-refractivity contribution in [2.75, 3.05) is 11.9 Å². The Morgan fingerprint density at radius 1 is 0.923 bits per heavy atom. The predicted molar refractivity (Wildman–Crippen MR) is 112 cm³/mol. The maximum atomic E-state index is 4.46. The molecule has 3 rings (SSSR count). The number of nitrogens with zero attached hydrogens (tertiary/aromatic N) is 2. The molecule has 0 bridgehead atoms. The first-order valence-corrected chi connectivity index (χ1v) is 9.44. The molecule has 0 aliphatic carbocycles. The molecule has 3 aromatic rings. The summed E-state index contributed by atoms with van der Waals surface area (Å²) in [5.74, 6) is 1.59. The van der Waals surface area contributed by atoms with Gasteiger partial charge in [-0.2, -0.15) is 0 Å². The Kier molecular flexibility index (Phi) is 5.26. The molecule has 1 N–H and O–H groups in total. The fourth-order valence-electron chi connectivity index (χ4n) is 3.02. The zero-order valence-electron chi connectivity index (χ0n) is 16.5. The third-order valence-electron chi connectivity index (χ3n) is 4.73. The van der Waals surface area contributed by atoms with Crippen LogP contribution in [0.15, 0.2) is 48.8 Å². The summed E-state index contributed by atoms with van der Waals surface area (Å²) in [5, 5.41) is 4.55. The van der Waals surface area contributed by atoms with Crippen molar-refractivity contribution < 1.29 is 0 Å². The first kappa shape index (κ1) is 18.4. The van der Waals surface area contributed by atoms with Crippen molar-refractivity contribution in [1.82, 2.24) is 9.97 Å². The van der Waals surface area contributed by atoms with Crippen LogP contribution in [0.25, 0.3) is 22.0 Å². The minimum atomic E-state index is 0.170. The molecular weight excluding hydrogens is 318 g/mol. The lowest BCUT2D eigenvalue weighted by atomic mass is 9.86. The quantitative estimate of drug-likeness (QED) is 0.610. The highest BCUT2D eigenvalue weighted by molar-refractivity contribution is 5.92. The van der Waals surface area contributed by atoms with E-state index in [2.05, 4.69) is 92.4 Å². The Morgan fingerprint density at radius 3 is 2.27 bits per heavy atom. The van der Waals surface area contributed by atoms with E-state index < -0.39 is 0 Å². The molecule has 0 saturated heterocycles. The molecule has 0 unspecified atom stereocenters. The van der Waals surface area contributed by atoms with Gasteiger partial charge in [-0.1, -0.05) is 65.0 Å². The summed E-state index contributed by atoms with van der Waals surface area (Å²) in [4.78, 5) is 8.88. The molecule has 0 atom stereocenters. The van der Waals surface area contributed by atoms with Crippen LogP contribution in [0.2, 0.25) is 0 Å². The molecule has 0 aliphatic rings. The van der Waals surface area contributed by atoms with E-state index in [0.29, 0.717) is 5.92 Å². The van der Waals surface area contributed by atoms with E-state index >= 15 is 0 Å². The number of hydrogen-bond donors (Lipinski definition) is 1. The number of nitrogens with one attached hydrogen (secondary N) is 1. The lowest BCUT2D eigenvalue weighted by Crippen LogP contribution is -2.10. The van der Waals surface area contributed by atoms with Crippen LogP contribution >= 0.6 is 0 Å². The molecule has 0 spiro atoms. The Morgan fingerprint density at radius 2 is 1.62 bits per heavy atom. The summed E-state index contributed by atoms with van der Waals surface area (Å²) in [7, 11) is 0. The number of rotatable bonds is 5. The Bertz CT molecular complexity index is 874. The predicted octanol–water partition coefficient (Wildman–Crippen LogP) is 6.05. The summed E-state index contributed by atoms with van der Waals surface area (Å²) < 4.78 is 0. The first-order chi connectivity index (χ1) is 12.3. The zero-order valence-corrected chi connectivity index (χ0v) is 16.5. The van der Waals surface area contributed by atoms with E-state index in [1.807, 2.05) is 0 Å². The summed E-state index contributed by atoms with van der Waals surface area (Å²) in [6.07, 6.45) is 2.76. The van der Waals surface area contributed by atoms with Crippen molar-refractivity contribution in [3.05, 3.63) is 54.4 Å². The van der Waals surface area contributed by atoms with Crippen LogP contribution in [0.5, 0.6) is 0 Å². The monoisotopic (exact) mass is 347 g/mol. The minimum absolute atomic E-state index is 0.170. The van der Waals surface area contributed by atoms with Crippen LogP contribution in [0.3, 0.4) is 0 Å². The Balaban J connectivity index is 1.92. The van der Waals surface area contributed by atoms with Crippen LogP contribution in [0.1, 0.15) is 46.6 Å². The third kappa shape index (κ3) is 4.21. The van der Waals surface area contributed by atoms with E-state index in [4.69, 9.17) is 0 Å². The minimum Gasteiger partial charge on any atom is -0.369 e. The topological polar surface area (TPSA) is 37.8 Å². The summed E-state index contributed by atoms with van der Waals surface area (Å²) >= 11 is 0. The van der Waals surface area contributed by atoms with Crippen molar-refractivity contribution >= 4 is 16.7 Å². The van der Waals surface area contributed by atoms with Gasteiger partial charge in [0.1, 0.15) is 12.1 Å². The molecule has 3 heteroatoms. The molecule has 26 heavy (non-hydrogen) atoms. The van der Waals surface area contributed by atoms with Crippen molar-refractivity contribution in [2.24, 2.45) is 5.92 Å². The molecule has 136 valence electrons. The number of anilines is 1. The van der Waals surface area contributed by atoms with Crippen molar-refractivity contribution in [3.8, 4) is 11.1 Å². The van der Waals surface area contributed by atoms with Gasteiger partial charge in [-0.05, 0) is 46.6 Å². The molecule has 0 saturated carbocycles. The Labute approximate surface area is 156 Å². The fourth-order valence-corrected chi connectivity index (χ4v) is 3.02. The van der Waals surface area contributed by atoms with Gasteiger partial charge in [-0.15, -0.1) is 0 Å². The van der Waals surface area contributed by atoms with E-state index in [-0.39, 0.29) is 5.41 Å². The van der Waals surface area contributed by atoms with E-state index in [0.717, 1.165) is 29.7 Å². The van der Waals surface area contributed by atoms with Gasteiger partial charge in [-0.25, -0.2) is 9.97 Å². The second-order valence-electron chi connectivity index (χ2n) is 8.39. The fraction of sp³-hybridized carbons (Fsp3) is 0.391. The van der Waals surface area contributed by atoms with Crippen LogP contribution in [0, 0.1) is 5.92 Å².